The Morgan fingerprint density at radius 3 is 2.38 bits per heavy atom. The van der Waals surface area contributed by atoms with E-state index in [1.807, 2.05) is 0 Å². The van der Waals surface area contributed by atoms with Gasteiger partial charge in [-0.15, -0.1) is 0 Å². The fourth-order valence-corrected chi connectivity index (χ4v) is 3.45. The second-order valence-corrected chi connectivity index (χ2v) is 7.31. The van der Waals surface area contributed by atoms with Crippen LogP contribution in [0.5, 0.6) is 23.0 Å². The van der Waals surface area contributed by atoms with Gasteiger partial charge in [-0.05, 0) is 18.2 Å². The number of ether oxygens (including phenoxy) is 2. The van der Waals surface area contributed by atoms with Gasteiger partial charge in [-0.3, -0.25) is 4.79 Å². The van der Waals surface area contributed by atoms with Crippen LogP contribution in [-0.2, 0) is 4.74 Å². The van der Waals surface area contributed by atoms with Gasteiger partial charge in [0, 0.05) is 23.8 Å². The third kappa shape index (κ3) is 3.83. The van der Waals surface area contributed by atoms with E-state index in [-0.39, 0.29) is 39.5 Å². The summed E-state index contributed by atoms with van der Waals surface area (Å²) in [4.78, 5) is 12.4. The summed E-state index contributed by atoms with van der Waals surface area (Å²) in [5, 5.41) is 68.8. The van der Waals surface area contributed by atoms with Crippen molar-refractivity contribution in [3.63, 3.8) is 0 Å². The predicted molar refractivity (Wildman–Crippen MR) is 107 cm³/mol. The maximum absolute atomic E-state index is 12.4. The molecule has 4 rings (SSSR count). The zero-order chi connectivity index (χ0) is 23.2. The summed E-state index contributed by atoms with van der Waals surface area (Å²) in [6, 6.07) is 7.16. The molecule has 11 heteroatoms. The van der Waals surface area contributed by atoms with Gasteiger partial charge in [0.05, 0.1) is 6.61 Å². The molecule has 1 saturated heterocycles. The third-order valence-corrected chi connectivity index (χ3v) is 5.13. The molecule has 1 aliphatic heterocycles. The molecule has 3 aromatic rings. The lowest BCUT2D eigenvalue weighted by Gasteiger charge is -2.39. The predicted octanol–water partition coefficient (Wildman–Crippen LogP) is -0.245. The summed E-state index contributed by atoms with van der Waals surface area (Å²) in [6.07, 6.45) is -7.68. The van der Waals surface area contributed by atoms with Crippen LogP contribution in [-0.4, -0.2) is 73.1 Å². The number of phenolic OH excluding ortho intramolecular Hbond substituents is 3. The van der Waals surface area contributed by atoms with Crippen LogP contribution >= 0.6 is 0 Å². The van der Waals surface area contributed by atoms with Gasteiger partial charge < -0.3 is 49.6 Å². The normalized spacial score (nSPS) is 25.7. The van der Waals surface area contributed by atoms with Gasteiger partial charge in [0.15, 0.2) is 16.9 Å². The SMILES string of the molecule is O=c1cc(-c2ccc(O)c(OC3OC(CO)C(O)C(O)C3O)c2)oc2cc(O)cc(O)c12. The maximum Gasteiger partial charge on any atom is 0.229 e. The van der Waals surface area contributed by atoms with Crippen LogP contribution in [0, 0.1) is 0 Å². The second kappa shape index (κ2) is 8.30. The molecule has 0 aliphatic carbocycles. The van der Waals surface area contributed by atoms with Crippen LogP contribution in [0.3, 0.4) is 0 Å². The van der Waals surface area contributed by atoms with Gasteiger partial charge in [-0.25, -0.2) is 0 Å². The van der Waals surface area contributed by atoms with Crippen molar-refractivity contribution in [1.82, 2.24) is 0 Å². The molecule has 11 nitrogen and oxygen atoms in total. The van der Waals surface area contributed by atoms with E-state index in [9.17, 15) is 40.5 Å². The molecular weight excluding hydrogens is 428 g/mol. The minimum Gasteiger partial charge on any atom is -0.508 e. The Bertz CT molecular complexity index is 1200. The minimum absolute atomic E-state index is 0.0196. The Morgan fingerprint density at radius 2 is 1.66 bits per heavy atom. The van der Waals surface area contributed by atoms with Crippen molar-refractivity contribution < 1.29 is 49.6 Å². The molecule has 1 fully saturated rings. The Balaban J connectivity index is 1.70. The first-order chi connectivity index (χ1) is 15.2. The highest BCUT2D eigenvalue weighted by Crippen LogP contribution is 2.36. The fourth-order valence-electron chi connectivity index (χ4n) is 3.45. The zero-order valence-electron chi connectivity index (χ0n) is 16.3. The van der Waals surface area contributed by atoms with Crippen LogP contribution in [0.1, 0.15) is 0 Å². The van der Waals surface area contributed by atoms with E-state index in [2.05, 4.69) is 0 Å². The molecule has 1 aromatic heterocycles. The van der Waals surface area contributed by atoms with Crippen LogP contribution in [0.15, 0.2) is 45.6 Å². The highest BCUT2D eigenvalue weighted by Gasteiger charge is 2.45. The average Bonchev–Trinajstić information content (AvgIpc) is 2.74. The number of benzene rings is 2. The Kier molecular flexibility index (Phi) is 5.67. The number of aromatic hydroxyl groups is 3. The van der Waals surface area contributed by atoms with Gasteiger partial charge in [0.1, 0.15) is 52.6 Å². The van der Waals surface area contributed by atoms with Crippen LogP contribution in [0.4, 0.5) is 0 Å². The lowest BCUT2D eigenvalue weighted by Crippen LogP contribution is -2.60. The van der Waals surface area contributed by atoms with Crippen LogP contribution in [0.25, 0.3) is 22.3 Å². The maximum atomic E-state index is 12.4. The number of fused-ring (bicyclic) bond motifs is 1. The molecule has 0 saturated carbocycles. The highest BCUT2D eigenvalue weighted by molar-refractivity contribution is 5.86. The molecule has 0 bridgehead atoms. The number of rotatable bonds is 4. The van der Waals surface area contributed by atoms with E-state index in [4.69, 9.17) is 13.9 Å². The summed E-state index contributed by atoms with van der Waals surface area (Å²) < 4.78 is 16.3. The summed E-state index contributed by atoms with van der Waals surface area (Å²) in [6.45, 7) is -0.654. The molecule has 0 radical (unpaired) electrons. The molecule has 7 N–H and O–H groups in total. The summed E-state index contributed by atoms with van der Waals surface area (Å²) in [5.41, 5.74) is -0.401. The smallest absolute Gasteiger partial charge is 0.229 e. The molecule has 2 aromatic carbocycles. The van der Waals surface area contributed by atoms with E-state index >= 15 is 0 Å². The lowest BCUT2D eigenvalue weighted by molar-refractivity contribution is -0.277. The molecule has 2 heterocycles. The van der Waals surface area contributed by atoms with Gasteiger partial charge in [-0.2, -0.15) is 0 Å². The Labute approximate surface area is 179 Å². The van der Waals surface area contributed by atoms with E-state index in [1.165, 1.54) is 18.2 Å². The van der Waals surface area contributed by atoms with E-state index in [0.29, 0.717) is 0 Å². The van der Waals surface area contributed by atoms with Gasteiger partial charge >= 0.3 is 0 Å². The van der Waals surface area contributed by atoms with Gasteiger partial charge in [-0.1, -0.05) is 0 Å². The van der Waals surface area contributed by atoms with Crippen molar-refractivity contribution in [2.75, 3.05) is 6.61 Å². The number of phenols is 3. The Hall–Kier alpha value is -3.35. The molecule has 170 valence electrons. The first-order valence-corrected chi connectivity index (χ1v) is 9.50. The first-order valence-electron chi connectivity index (χ1n) is 9.50. The van der Waals surface area contributed by atoms with Crippen molar-refractivity contribution in [3.8, 4) is 34.3 Å². The fraction of sp³-hybridized carbons (Fsp3) is 0.286. The summed E-state index contributed by atoms with van der Waals surface area (Å²) in [7, 11) is 0. The molecule has 0 amide bonds. The quantitative estimate of drug-likeness (QED) is 0.279. The number of aliphatic hydroxyl groups excluding tert-OH is 4. The number of aliphatic hydroxyl groups is 4. The van der Waals surface area contributed by atoms with Crippen LogP contribution in [0.2, 0.25) is 0 Å². The third-order valence-electron chi connectivity index (χ3n) is 5.13. The highest BCUT2D eigenvalue weighted by atomic mass is 16.7. The minimum atomic E-state index is -1.69. The molecule has 1 aliphatic rings. The first kappa shape index (κ1) is 21.9. The summed E-state index contributed by atoms with van der Waals surface area (Å²) in [5.74, 6) is -1.33. The van der Waals surface area contributed by atoms with E-state index in [1.54, 1.807) is 0 Å². The van der Waals surface area contributed by atoms with Crippen molar-refractivity contribution in [3.05, 3.63) is 46.6 Å². The molecule has 5 unspecified atom stereocenters. The standard InChI is InChI=1S/C21H20O11/c22-7-16-18(27)19(28)20(29)21(32-16)31-14-3-8(1-2-10(14)24)13-6-12(26)17-11(25)4-9(23)5-15(17)30-13/h1-6,16,18-25,27-29H,7H2. The van der Waals surface area contributed by atoms with Crippen molar-refractivity contribution >= 4 is 11.0 Å². The van der Waals surface area contributed by atoms with Crippen molar-refractivity contribution in [2.45, 2.75) is 30.7 Å². The largest absolute Gasteiger partial charge is 0.508 e. The van der Waals surface area contributed by atoms with Crippen molar-refractivity contribution in [1.29, 1.82) is 0 Å². The monoisotopic (exact) mass is 448 g/mol. The molecule has 32 heavy (non-hydrogen) atoms. The Morgan fingerprint density at radius 1 is 0.906 bits per heavy atom. The molecule has 0 spiro atoms. The van der Waals surface area contributed by atoms with Crippen LogP contribution < -0.4 is 10.2 Å². The topological polar surface area (TPSA) is 190 Å². The van der Waals surface area contributed by atoms with Gasteiger partial charge in [0.25, 0.3) is 0 Å². The second-order valence-electron chi connectivity index (χ2n) is 7.31. The molecular formula is C21H20O11. The van der Waals surface area contributed by atoms with Crippen molar-refractivity contribution in [2.24, 2.45) is 0 Å². The van der Waals surface area contributed by atoms with E-state index < -0.39 is 48.5 Å². The molecule has 5 atom stereocenters. The zero-order valence-corrected chi connectivity index (χ0v) is 16.3. The lowest BCUT2D eigenvalue weighted by atomic mass is 9.99. The summed E-state index contributed by atoms with van der Waals surface area (Å²) >= 11 is 0. The van der Waals surface area contributed by atoms with Gasteiger partial charge in [0.2, 0.25) is 6.29 Å². The number of hydrogen-bond acceptors (Lipinski definition) is 11. The number of hydrogen-bond donors (Lipinski definition) is 7. The van der Waals surface area contributed by atoms with E-state index in [0.717, 1.165) is 18.2 Å². The average molecular weight is 448 g/mol.